The van der Waals surface area contributed by atoms with Crippen molar-refractivity contribution in [3.05, 3.63) is 12.2 Å². The second-order valence-electron chi connectivity index (χ2n) is 14.2. The van der Waals surface area contributed by atoms with Gasteiger partial charge in [-0.2, -0.15) is 0 Å². The Morgan fingerprint density at radius 2 is 1.77 bits per heavy atom. The molecule has 11 heteroatoms. The quantitative estimate of drug-likeness (QED) is 0.241. The van der Waals surface area contributed by atoms with Crippen LogP contribution in [-0.4, -0.2) is 121 Å². The number of esters is 1. The minimum atomic E-state index is -1.58. The molecule has 0 spiro atoms. The third kappa shape index (κ3) is 8.28. The normalized spacial score (nSPS) is 45.6. The highest BCUT2D eigenvalue weighted by molar-refractivity contribution is 6.00. The predicted octanol–water partition coefficient (Wildman–Crippen LogP) is 2.46. The first-order valence-corrected chi connectivity index (χ1v) is 16.2. The summed E-state index contributed by atoms with van der Waals surface area (Å²) in [5.74, 6) is -3.08. The molecule has 0 saturated carbocycles. The number of rotatable bonds is 4. The van der Waals surface area contributed by atoms with Gasteiger partial charge in [0.15, 0.2) is 12.1 Å². The second-order valence-corrected chi connectivity index (χ2v) is 14.2. The highest BCUT2D eigenvalue weighted by Gasteiger charge is 2.51. The van der Waals surface area contributed by atoms with Gasteiger partial charge in [-0.1, -0.05) is 27.4 Å². The van der Waals surface area contributed by atoms with Gasteiger partial charge in [-0.3, -0.25) is 9.59 Å². The van der Waals surface area contributed by atoms with Gasteiger partial charge in [0, 0.05) is 18.0 Å². The lowest BCUT2D eigenvalue weighted by Crippen LogP contribution is -2.60. The molecule has 0 aliphatic carbocycles. The van der Waals surface area contributed by atoms with Crippen molar-refractivity contribution in [1.82, 2.24) is 10.2 Å². The second kappa shape index (κ2) is 15.0. The molecule has 3 N–H and O–H groups in total. The lowest BCUT2D eigenvalue weighted by atomic mass is 9.78. The topological polar surface area (TPSA) is 136 Å². The fraction of sp³-hybridized carbons (Fsp3) is 0.879. The lowest BCUT2D eigenvalue weighted by Gasteiger charge is -2.47. The van der Waals surface area contributed by atoms with E-state index in [0.717, 1.165) is 0 Å². The Labute approximate surface area is 263 Å². The highest BCUT2D eigenvalue weighted by Crippen LogP contribution is 2.38. The number of hydrogen-bond acceptors (Lipinski definition) is 11. The van der Waals surface area contributed by atoms with Gasteiger partial charge in [0.2, 0.25) is 0 Å². The average Bonchev–Trinajstić information content (AvgIpc) is 2.95. The monoisotopic (exact) mass is 626 g/mol. The highest BCUT2D eigenvalue weighted by atomic mass is 16.7. The first kappa shape index (κ1) is 37.0. The fourth-order valence-corrected chi connectivity index (χ4v) is 7.14. The Hall–Kier alpha value is -1.44. The van der Waals surface area contributed by atoms with E-state index in [2.05, 4.69) is 18.8 Å². The first-order chi connectivity index (χ1) is 20.4. The summed E-state index contributed by atoms with van der Waals surface area (Å²) in [4.78, 5) is 29.5. The molecular weight excluding hydrogens is 568 g/mol. The van der Waals surface area contributed by atoms with Gasteiger partial charge >= 0.3 is 5.97 Å². The molecule has 2 bridgehead atoms. The summed E-state index contributed by atoms with van der Waals surface area (Å²) in [6.45, 7) is 19.5. The van der Waals surface area contributed by atoms with E-state index in [1.54, 1.807) is 13.8 Å². The van der Waals surface area contributed by atoms with Crippen molar-refractivity contribution in [3.8, 4) is 0 Å². The van der Waals surface area contributed by atoms with Crippen LogP contribution in [0.25, 0.3) is 0 Å². The molecule has 44 heavy (non-hydrogen) atoms. The van der Waals surface area contributed by atoms with Crippen molar-refractivity contribution in [2.24, 2.45) is 17.8 Å². The number of ketones is 1. The molecule has 4 aliphatic heterocycles. The SMILES string of the molecule is C=C1CO[C@H]2[C@@H](C)NC[C@H](C)C[C@@](C)(OC1)[C@H](O[C@@H]1O[C@H](C)C[C@H](N(C)C)[C@H]1O)[C@@H](C)C(=O)C(C)C(=O)O[C@H](CC)[C@@]2(C)O. The molecule has 4 aliphatic rings. The van der Waals surface area contributed by atoms with Gasteiger partial charge in [-0.25, -0.2) is 0 Å². The van der Waals surface area contributed by atoms with Crippen LogP contribution in [0.3, 0.4) is 0 Å². The number of aliphatic hydroxyl groups is 2. The molecule has 1 unspecified atom stereocenters. The van der Waals surface area contributed by atoms with E-state index in [4.69, 9.17) is 23.7 Å². The van der Waals surface area contributed by atoms with Crippen LogP contribution in [0.4, 0.5) is 0 Å². The Morgan fingerprint density at radius 1 is 1.11 bits per heavy atom. The number of likely N-dealkylation sites (N-methyl/N-ethyl adjacent to an activating group) is 1. The van der Waals surface area contributed by atoms with Crippen LogP contribution in [0.15, 0.2) is 12.2 Å². The number of hydrogen-bond donors (Lipinski definition) is 3. The van der Waals surface area contributed by atoms with E-state index < -0.39 is 59.7 Å². The minimum Gasteiger partial charge on any atom is -0.459 e. The molecule has 254 valence electrons. The number of Topliss-reactive ketones (excluding diaryl/α,β-unsaturated/α-hetero) is 1. The Morgan fingerprint density at radius 3 is 2.39 bits per heavy atom. The van der Waals surface area contributed by atoms with E-state index in [9.17, 15) is 19.8 Å². The van der Waals surface area contributed by atoms with E-state index in [1.165, 1.54) is 6.92 Å². The van der Waals surface area contributed by atoms with Crippen molar-refractivity contribution >= 4 is 11.8 Å². The van der Waals surface area contributed by atoms with Gasteiger partial charge in [-0.05, 0) is 86.0 Å². The van der Waals surface area contributed by atoms with E-state index >= 15 is 0 Å². The predicted molar refractivity (Wildman–Crippen MR) is 166 cm³/mol. The summed E-state index contributed by atoms with van der Waals surface area (Å²) in [6, 6.07) is -0.533. The van der Waals surface area contributed by atoms with Gasteiger partial charge in [0.25, 0.3) is 0 Å². The van der Waals surface area contributed by atoms with Gasteiger partial charge in [0.1, 0.15) is 29.8 Å². The third-order valence-corrected chi connectivity index (χ3v) is 9.77. The van der Waals surface area contributed by atoms with Crippen LogP contribution in [0.1, 0.15) is 74.7 Å². The molecule has 0 aromatic rings. The molecule has 4 fully saturated rings. The van der Waals surface area contributed by atoms with Crippen LogP contribution in [0.5, 0.6) is 0 Å². The number of carbonyl (C=O) groups is 2. The maximum absolute atomic E-state index is 14.1. The molecule has 0 aromatic heterocycles. The fourth-order valence-electron chi connectivity index (χ4n) is 7.14. The number of ether oxygens (including phenoxy) is 5. The Kier molecular flexibility index (Phi) is 12.6. The molecule has 13 atom stereocenters. The minimum absolute atomic E-state index is 0.0298. The molecule has 0 amide bonds. The number of nitrogens with zero attached hydrogens (tertiary/aromatic N) is 1. The van der Waals surface area contributed by atoms with Crippen molar-refractivity contribution in [3.63, 3.8) is 0 Å². The Balaban J connectivity index is 2.15. The van der Waals surface area contributed by atoms with Gasteiger partial charge in [-0.15, -0.1) is 0 Å². The van der Waals surface area contributed by atoms with Crippen molar-refractivity contribution in [2.45, 2.75) is 135 Å². The number of nitrogens with one attached hydrogen (secondary N) is 1. The molecule has 4 saturated heterocycles. The third-order valence-electron chi connectivity index (χ3n) is 9.77. The van der Waals surface area contributed by atoms with Crippen LogP contribution >= 0.6 is 0 Å². The summed E-state index contributed by atoms with van der Waals surface area (Å²) in [7, 11) is 3.80. The van der Waals surface area contributed by atoms with Crippen molar-refractivity contribution < 1.29 is 43.5 Å². The van der Waals surface area contributed by atoms with E-state index in [1.807, 2.05) is 46.7 Å². The Bertz CT molecular complexity index is 1010. The maximum Gasteiger partial charge on any atom is 0.316 e. The number of aliphatic hydroxyl groups excluding tert-OH is 1. The van der Waals surface area contributed by atoms with Crippen molar-refractivity contribution in [1.29, 1.82) is 0 Å². The summed E-state index contributed by atoms with van der Waals surface area (Å²) < 4.78 is 31.6. The summed E-state index contributed by atoms with van der Waals surface area (Å²) in [6.07, 6.45) is -3.38. The molecule has 0 radical (unpaired) electrons. The number of carbonyl (C=O) groups excluding carboxylic acids is 2. The first-order valence-electron chi connectivity index (χ1n) is 16.2. The largest absolute Gasteiger partial charge is 0.459 e. The zero-order chi connectivity index (χ0) is 33.1. The van der Waals surface area contributed by atoms with Gasteiger partial charge < -0.3 is 44.1 Å². The molecule has 11 nitrogen and oxygen atoms in total. The van der Waals surface area contributed by atoms with E-state index in [-0.39, 0.29) is 43.1 Å². The molecular formula is C33H58N2O9. The zero-order valence-electron chi connectivity index (χ0n) is 28.5. The van der Waals surface area contributed by atoms with Crippen LogP contribution in [0, 0.1) is 17.8 Å². The number of fused-ring (bicyclic) bond motifs is 15. The molecule has 4 rings (SSSR count). The maximum atomic E-state index is 14.1. The molecule has 0 aromatic carbocycles. The lowest BCUT2D eigenvalue weighted by molar-refractivity contribution is -0.297. The van der Waals surface area contributed by atoms with Crippen LogP contribution < -0.4 is 5.32 Å². The smallest absolute Gasteiger partial charge is 0.316 e. The van der Waals surface area contributed by atoms with Gasteiger partial charge in [0.05, 0.1) is 31.0 Å². The van der Waals surface area contributed by atoms with E-state index in [0.29, 0.717) is 31.4 Å². The summed E-state index contributed by atoms with van der Waals surface area (Å²) in [5.41, 5.74) is -1.99. The molecule has 4 heterocycles. The standard InChI is InChI=1S/C33H58N2O9/c1-12-25-33(9,39)29-23(7)34-15-18(2)14-32(8,41-17-19(3)16-40-29)28(21(5)26(36)22(6)30(38)43-25)44-31-27(37)24(35(10)11)13-20(4)42-31/h18,20-25,27-29,31,34,37,39H,3,12-17H2,1-2,4-11H3/t18-,20-,21+,22?,23-,24+,25-,27-,28-,29+,31+,32-,33-/m1/s1. The average molecular weight is 627 g/mol. The zero-order valence-corrected chi connectivity index (χ0v) is 28.5. The van der Waals surface area contributed by atoms with Crippen molar-refractivity contribution in [2.75, 3.05) is 33.9 Å². The van der Waals surface area contributed by atoms with Crippen LogP contribution in [0.2, 0.25) is 0 Å². The summed E-state index contributed by atoms with van der Waals surface area (Å²) in [5, 5.41) is 26.7. The van der Waals surface area contributed by atoms with Crippen LogP contribution in [-0.2, 0) is 33.3 Å². The summed E-state index contributed by atoms with van der Waals surface area (Å²) >= 11 is 0.